The zero-order valence-corrected chi connectivity index (χ0v) is 5.22. The van der Waals surface area contributed by atoms with E-state index in [0.29, 0.717) is 0 Å². The van der Waals surface area contributed by atoms with E-state index < -0.39 is 0 Å². The molecule has 0 heteroatoms. The number of benzene rings is 1. The maximum absolute atomic E-state index is 3.69. The summed E-state index contributed by atoms with van der Waals surface area (Å²) < 4.78 is 0. The molecule has 0 heterocycles. The molecule has 0 saturated heterocycles. The first kappa shape index (κ1) is 4.80. The van der Waals surface area contributed by atoms with Gasteiger partial charge in [0.15, 0.2) is 0 Å². The molecular weight excluding hydrogens is 108 g/mol. The predicted molar refractivity (Wildman–Crippen MR) is 39.3 cm³/mol. The molecule has 0 N–H and O–H groups in total. The van der Waals surface area contributed by atoms with Crippen LogP contribution in [-0.4, -0.2) is 0 Å². The van der Waals surface area contributed by atoms with Crippen LogP contribution in [0.25, 0.3) is 11.1 Å². The average molecular weight is 116 g/mol. The minimum Gasteiger partial charge on any atom is -0.103 e. The van der Waals surface area contributed by atoms with Crippen LogP contribution in [-0.2, 0) is 6.42 Å². The molecule has 0 amide bonds. The third kappa shape index (κ3) is 0.595. The van der Waals surface area contributed by atoms with Crippen molar-refractivity contribution < 1.29 is 0 Å². The average Bonchev–Trinajstić information content (AvgIpc) is 2.54. The molecule has 0 radical (unpaired) electrons. The summed E-state index contributed by atoms with van der Waals surface area (Å²) in [7, 11) is 0. The molecule has 0 aliphatic heterocycles. The van der Waals surface area contributed by atoms with Crippen molar-refractivity contribution in [2.24, 2.45) is 0 Å². The van der Waals surface area contributed by atoms with Crippen LogP contribution in [0.2, 0.25) is 0 Å². The van der Waals surface area contributed by atoms with E-state index in [2.05, 4.69) is 24.8 Å². The summed E-state index contributed by atoms with van der Waals surface area (Å²) in [5.74, 6) is 0. The number of rotatable bonds is 2. The molecule has 44 valence electrons. The topological polar surface area (TPSA) is 0 Å². The minimum atomic E-state index is 1.02. The Morgan fingerprint density at radius 1 is 1.44 bits per heavy atom. The summed E-state index contributed by atoms with van der Waals surface area (Å²) in [4.78, 5) is 0. The lowest BCUT2D eigenvalue weighted by atomic mass is 10.2. The summed E-state index contributed by atoms with van der Waals surface area (Å²) in [6.45, 7) is 3.69. The summed E-state index contributed by atoms with van der Waals surface area (Å²) in [6.07, 6.45) is 2.97. The summed E-state index contributed by atoms with van der Waals surface area (Å²) in [6, 6.07) is 6.54. The highest BCUT2D eigenvalue weighted by Crippen LogP contribution is 2.38. The minimum absolute atomic E-state index is 1.02. The SMILES string of the molecule is C=CCc1ccc2cc1-2. The van der Waals surface area contributed by atoms with Crippen molar-refractivity contribution in [1.82, 2.24) is 0 Å². The molecule has 0 aromatic carbocycles. The molecule has 2 aliphatic carbocycles. The van der Waals surface area contributed by atoms with Crippen molar-refractivity contribution in [3.05, 3.63) is 36.4 Å². The highest BCUT2D eigenvalue weighted by molar-refractivity contribution is 5.84. The Balaban J connectivity index is 2.31. The van der Waals surface area contributed by atoms with Crippen LogP contribution in [0.5, 0.6) is 0 Å². The Labute approximate surface area is 54.8 Å². The van der Waals surface area contributed by atoms with Crippen LogP contribution in [0.3, 0.4) is 0 Å². The van der Waals surface area contributed by atoms with Crippen molar-refractivity contribution in [1.29, 1.82) is 0 Å². The van der Waals surface area contributed by atoms with E-state index in [1.165, 1.54) is 16.7 Å². The third-order valence-corrected chi connectivity index (χ3v) is 1.70. The first-order valence-corrected chi connectivity index (χ1v) is 3.16. The van der Waals surface area contributed by atoms with Crippen LogP contribution >= 0.6 is 0 Å². The van der Waals surface area contributed by atoms with E-state index in [0.717, 1.165) is 6.42 Å². The second-order valence-electron chi connectivity index (χ2n) is 2.36. The molecular formula is C9H8. The summed E-state index contributed by atoms with van der Waals surface area (Å²) in [5.41, 5.74) is 4.31. The van der Waals surface area contributed by atoms with E-state index in [1.54, 1.807) is 0 Å². The first-order valence-electron chi connectivity index (χ1n) is 3.16. The van der Waals surface area contributed by atoms with Gasteiger partial charge in [0.05, 0.1) is 0 Å². The van der Waals surface area contributed by atoms with Gasteiger partial charge in [-0.3, -0.25) is 0 Å². The fourth-order valence-corrected chi connectivity index (χ4v) is 1.15. The summed E-state index contributed by atoms with van der Waals surface area (Å²) >= 11 is 0. The van der Waals surface area contributed by atoms with Crippen molar-refractivity contribution >= 4 is 0 Å². The lowest BCUT2D eigenvalue weighted by Gasteiger charge is -1.85. The van der Waals surface area contributed by atoms with Crippen LogP contribution in [0.15, 0.2) is 30.9 Å². The lowest BCUT2D eigenvalue weighted by molar-refractivity contribution is 1.32. The number of hydrogen-bond acceptors (Lipinski definition) is 0. The van der Waals surface area contributed by atoms with E-state index >= 15 is 0 Å². The van der Waals surface area contributed by atoms with E-state index in [9.17, 15) is 0 Å². The highest BCUT2D eigenvalue weighted by Gasteiger charge is 2.14. The Bertz CT molecular complexity index is 259. The van der Waals surface area contributed by atoms with E-state index in [-0.39, 0.29) is 0 Å². The van der Waals surface area contributed by atoms with Crippen LogP contribution < -0.4 is 0 Å². The van der Waals surface area contributed by atoms with Crippen molar-refractivity contribution in [3.63, 3.8) is 0 Å². The van der Waals surface area contributed by atoms with Crippen molar-refractivity contribution in [2.45, 2.75) is 6.42 Å². The monoisotopic (exact) mass is 116 g/mol. The van der Waals surface area contributed by atoms with E-state index in [4.69, 9.17) is 0 Å². The molecule has 0 bridgehead atoms. The molecule has 0 aromatic heterocycles. The smallest absolute Gasteiger partial charge is 0.00940 e. The summed E-state index contributed by atoms with van der Waals surface area (Å²) in [5, 5.41) is 0. The second kappa shape index (κ2) is 1.47. The Hall–Kier alpha value is -1.04. The van der Waals surface area contributed by atoms with Crippen LogP contribution in [0, 0.1) is 0 Å². The zero-order chi connectivity index (χ0) is 6.27. The zero-order valence-electron chi connectivity index (χ0n) is 5.22. The number of fused-ring (bicyclic) bond motifs is 1. The maximum Gasteiger partial charge on any atom is -0.00940 e. The van der Waals surface area contributed by atoms with E-state index in [1.807, 2.05) is 6.08 Å². The molecule has 0 nitrogen and oxygen atoms in total. The number of hydrogen-bond donors (Lipinski definition) is 0. The van der Waals surface area contributed by atoms with Gasteiger partial charge in [-0.15, -0.1) is 6.58 Å². The molecule has 0 unspecified atom stereocenters. The van der Waals surface area contributed by atoms with Crippen LogP contribution in [0.4, 0.5) is 0 Å². The molecule has 9 heavy (non-hydrogen) atoms. The van der Waals surface area contributed by atoms with Gasteiger partial charge in [-0.25, -0.2) is 0 Å². The highest BCUT2D eigenvalue weighted by atomic mass is 14.2. The third-order valence-electron chi connectivity index (χ3n) is 1.70. The van der Waals surface area contributed by atoms with Gasteiger partial charge in [0.2, 0.25) is 0 Å². The predicted octanol–water partition coefficient (Wildman–Crippen LogP) is 2.40. The van der Waals surface area contributed by atoms with Crippen molar-refractivity contribution in [2.75, 3.05) is 0 Å². The number of allylic oxidation sites excluding steroid dienone is 1. The molecule has 0 saturated carbocycles. The van der Waals surface area contributed by atoms with Gasteiger partial charge < -0.3 is 0 Å². The van der Waals surface area contributed by atoms with Gasteiger partial charge in [-0.2, -0.15) is 0 Å². The molecule has 0 spiro atoms. The van der Waals surface area contributed by atoms with Gasteiger partial charge >= 0.3 is 0 Å². The van der Waals surface area contributed by atoms with Crippen LogP contribution in [0.1, 0.15) is 5.56 Å². The normalized spacial score (nSPS) is 11.1. The molecule has 0 fully saturated rings. The van der Waals surface area contributed by atoms with Gasteiger partial charge in [-0.1, -0.05) is 18.2 Å². The fraction of sp³-hybridized carbons (Fsp3) is 0.111. The molecule has 2 aliphatic rings. The quantitative estimate of drug-likeness (QED) is 0.528. The van der Waals surface area contributed by atoms with Gasteiger partial charge in [0, 0.05) is 0 Å². The molecule has 0 atom stereocenters. The first-order chi connectivity index (χ1) is 4.42. The largest absolute Gasteiger partial charge is 0.103 e. The second-order valence-corrected chi connectivity index (χ2v) is 2.36. The van der Waals surface area contributed by atoms with Crippen molar-refractivity contribution in [3.8, 4) is 11.1 Å². The lowest BCUT2D eigenvalue weighted by Crippen LogP contribution is -1.71. The van der Waals surface area contributed by atoms with Gasteiger partial charge in [0.1, 0.15) is 0 Å². The molecule has 0 aromatic rings. The molecule has 2 rings (SSSR count). The fourth-order valence-electron chi connectivity index (χ4n) is 1.15. The Kier molecular flexibility index (Phi) is 0.786. The maximum atomic E-state index is 3.69. The Morgan fingerprint density at radius 2 is 2.33 bits per heavy atom. The standard InChI is InChI=1S/C9H8/c1-2-3-7-4-5-8-6-9(7)8/h2,4-6H,1,3H2. The van der Waals surface area contributed by atoms with Gasteiger partial charge in [0.25, 0.3) is 0 Å². The van der Waals surface area contributed by atoms with Gasteiger partial charge in [-0.05, 0) is 29.2 Å². The Morgan fingerprint density at radius 3 is 2.78 bits per heavy atom.